The normalized spacial score (nSPS) is 47.5. The Hall–Kier alpha value is -1.14. The molecule has 0 aromatic heterocycles. The van der Waals surface area contributed by atoms with Crippen molar-refractivity contribution in [2.45, 2.75) is 90.3 Å². The summed E-state index contributed by atoms with van der Waals surface area (Å²) in [6, 6.07) is 0. The number of rotatable bonds is 2. The third-order valence-corrected chi connectivity index (χ3v) is 7.78. The van der Waals surface area contributed by atoms with Gasteiger partial charge in [0.1, 0.15) is 6.10 Å². The van der Waals surface area contributed by atoms with Crippen LogP contribution in [0.2, 0.25) is 0 Å². The molecule has 152 valence electrons. The zero-order valence-electron chi connectivity index (χ0n) is 17.1. The Morgan fingerprint density at radius 3 is 2.48 bits per heavy atom. The van der Waals surface area contributed by atoms with Crippen molar-refractivity contribution in [2.24, 2.45) is 22.7 Å². The Balaban J connectivity index is 1.75. The molecule has 2 saturated heterocycles. The number of methoxy groups -OCH3 is 1. The molecular weight excluding hydrogens is 348 g/mol. The summed E-state index contributed by atoms with van der Waals surface area (Å²) in [5.74, 6) is -1.07. The molecule has 1 spiro atoms. The topological polar surface area (TPSA) is 71.1 Å². The first-order valence-corrected chi connectivity index (χ1v) is 10.2. The summed E-state index contributed by atoms with van der Waals surface area (Å²) in [4.78, 5) is 24.1. The van der Waals surface area contributed by atoms with E-state index in [-0.39, 0.29) is 46.8 Å². The molecule has 0 amide bonds. The van der Waals surface area contributed by atoms with Gasteiger partial charge in [-0.3, -0.25) is 4.79 Å². The minimum atomic E-state index is -0.861. The van der Waals surface area contributed by atoms with Gasteiger partial charge in [0.2, 0.25) is 0 Å². The van der Waals surface area contributed by atoms with E-state index in [9.17, 15) is 9.59 Å². The molecule has 0 aromatic rings. The van der Waals surface area contributed by atoms with Crippen LogP contribution in [0, 0.1) is 22.7 Å². The van der Waals surface area contributed by atoms with Gasteiger partial charge in [-0.1, -0.05) is 27.2 Å². The third kappa shape index (κ3) is 2.74. The van der Waals surface area contributed by atoms with Crippen LogP contribution in [0.5, 0.6) is 0 Å². The van der Waals surface area contributed by atoms with Crippen molar-refractivity contribution >= 4 is 11.9 Å². The highest BCUT2D eigenvalue weighted by Gasteiger charge is 2.70. The zero-order valence-corrected chi connectivity index (χ0v) is 17.1. The lowest BCUT2D eigenvalue weighted by Crippen LogP contribution is -2.65. The molecule has 0 N–H and O–H groups in total. The van der Waals surface area contributed by atoms with Gasteiger partial charge in [0.25, 0.3) is 0 Å². The predicted molar refractivity (Wildman–Crippen MR) is 96.6 cm³/mol. The van der Waals surface area contributed by atoms with Crippen molar-refractivity contribution in [1.82, 2.24) is 0 Å². The van der Waals surface area contributed by atoms with Gasteiger partial charge in [0, 0.05) is 25.2 Å². The van der Waals surface area contributed by atoms with E-state index in [2.05, 4.69) is 20.8 Å². The summed E-state index contributed by atoms with van der Waals surface area (Å²) in [6.45, 7) is 8.37. The van der Waals surface area contributed by atoms with Crippen LogP contribution in [0.3, 0.4) is 0 Å². The lowest BCUT2D eigenvalue weighted by atomic mass is 9.45. The minimum Gasteiger partial charge on any atom is -0.467 e. The number of carbonyl (C=O) groups is 2. The molecule has 6 heteroatoms. The standard InChI is InChI=1S/C21H32O6/c1-12(22)25-14-11-21-15(20(4)10-6-9-19(2,3)17(14)20)8-7-13(26-21)16(27-21)18(23)24-5/h13-17H,6-11H2,1-5H3. The van der Waals surface area contributed by atoms with Crippen LogP contribution in [0.1, 0.15) is 66.2 Å². The number of hydrogen-bond donors (Lipinski definition) is 0. The van der Waals surface area contributed by atoms with Crippen LogP contribution in [0.25, 0.3) is 0 Å². The van der Waals surface area contributed by atoms with E-state index in [4.69, 9.17) is 18.9 Å². The SMILES string of the molecule is COC(=O)C1OC23CC(OC(C)=O)C4C(C)(C)CCCC4(C)C2CCC1O3. The van der Waals surface area contributed by atoms with E-state index in [0.29, 0.717) is 6.42 Å². The second-order valence-electron chi connectivity index (χ2n) is 9.84. The highest BCUT2D eigenvalue weighted by molar-refractivity contribution is 5.75. The van der Waals surface area contributed by atoms with E-state index < -0.39 is 11.9 Å². The Morgan fingerprint density at radius 1 is 1.07 bits per heavy atom. The van der Waals surface area contributed by atoms with Gasteiger partial charge in [-0.05, 0) is 36.5 Å². The van der Waals surface area contributed by atoms with Crippen molar-refractivity contribution in [3.8, 4) is 0 Å². The van der Waals surface area contributed by atoms with E-state index in [1.165, 1.54) is 14.0 Å². The maximum absolute atomic E-state index is 12.2. The monoisotopic (exact) mass is 380 g/mol. The van der Waals surface area contributed by atoms with Crippen molar-refractivity contribution in [2.75, 3.05) is 7.11 Å². The van der Waals surface area contributed by atoms with Crippen LogP contribution in [-0.2, 0) is 28.5 Å². The molecule has 7 atom stereocenters. The molecule has 7 unspecified atom stereocenters. The molecule has 6 nitrogen and oxygen atoms in total. The number of esters is 2. The number of carbonyl (C=O) groups excluding carboxylic acids is 2. The van der Waals surface area contributed by atoms with Gasteiger partial charge in [-0.2, -0.15) is 0 Å². The fraction of sp³-hybridized carbons (Fsp3) is 0.905. The highest BCUT2D eigenvalue weighted by atomic mass is 16.8. The van der Waals surface area contributed by atoms with Gasteiger partial charge in [-0.15, -0.1) is 0 Å². The number of fused-ring (bicyclic) bond motifs is 3. The molecule has 4 fully saturated rings. The van der Waals surface area contributed by atoms with E-state index in [1.807, 2.05) is 0 Å². The Labute approximate surface area is 161 Å². The van der Waals surface area contributed by atoms with Crippen molar-refractivity contribution in [3.05, 3.63) is 0 Å². The Morgan fingerprint density at radius 2 is 1.81 bits per heavy atom. The maximum atomic E-state index is 12.2. The van der Waals surface area contributed by atoms with E-state index in [0.717, 1.165) is 32.1 Å². The second-order valence-corrected chi connectivity index (χ2v) is 9.84. The molecule has 0 radical (unpaired) electrons. The zero-order chi connectivity index (χ0) is 19.6. The molecule has 2 heterocycles. The number of ether oxygens (including phenoxy) is 4. The summed E-state index contributed by atoms with van der Waals surface area (Å²) in [5.41, 5.74) is 0.0159. The molecule has 0 aromatic carbocycles. The summed E-state index contributed by atoms with van der Waals surface area (Å²) in [6.07, 6.45) is 4.35. The van der Waals surface area contributed by atoms with Crippen molar-refractivity contribution < 1.29 is 28.5 Å². The van der Waals surface area contributed by atoms with Gasteiger partial charge < -0.3 is 18.9 Å². The predicted octanol–water partition coefficient (Wildman–Crippen LogP) is 3.22. The lowest BCUT2D eigenvalue weighted by Gasteiger charge is -2.64. The van der Waals surface area contributed by atoms with Gasteiger partial charge in [0.05, 0.1) is 13.2 Å². The third-order valence-electron chi connectivity index (χ3n) is 7.78. The van der Waals surface area contributed by atoms with Crippen LogP contribution in [-0.4, -0.2) is 43.1 Å². The van der Waals surface area contributed by atoms with Crippen LogP contribution in [0.4, 0.5) is 0 Å². The first-order valence-electron chi connectivity index (χ1n) is 10.2. The fourth-order valence-corrected chi connectivity index (χ4v) is 7.12. The van der Waals surface area contributed by atoms with Gasteiger partial charge in [-0.25, -0.2) is 4.79 Å². The van der Waals surface area contributed by atoms with Crippen LogP contribution in [0.15, 0.2) is 0 Å². The summed E-state index contributed by atoms with van der Waals surface area (Å²) >= 11 is 0. The molecule has 4 aliphatic rings. The molecule has 2 aliphatic carbocycles. The molecule has 2 bridgehead atoms. The van der Waals surface area contributed by atoms with Gasteiger partial charge >= 0.3 is 11.9 Å². The average Bonchev–Trinajstić information content (AvgIpc) is 2.83. The van der Waals surface area contributed by atoms with E-state index in [1.54, 1.807) is 0 Å². The quantitative estimate of drug-likeness (QED) is 0.685. The Bertz CT molecular complexity index is 645. The maximum Gasteiger partial charge on any atom is 0.337 e. The van der Waals surface area contributed by atoms with Crippen LogP contribution < -0.4 is 0 Å². The summed E-state index contributed by atoms with van der Waals surface area (Å²) in [5, 5.41) is 0. The molecular formula is C21H32O6. The molecule has 2 aliphatic heterocycles. The molecule has 27 heavy (non-hydrogen) atoms. The van der Waals surface area contributed by atoms with E-state index >= 15 is 0 Å². The first kappa shape index (κ1) is 19.2. The largest absolute Gasteiger partial charge is 0.467 e. The minimum absolute atomic E-state index is 0.0594. The van der Waals surface area contributed by atoms with Crippen molar-refractivity contribution in [1.29, 1.82) is 0 Å². The molecule has 4 rings (SSSR count). The highest BCUT2D eigenvalue weighted by Crippen LogP contribution is 2.67. The average molecular weight is 380 g/mol. The summed E-state index contributed by atoms with van der Waals surface area (Å²) < 4.78 is 23.5. The fourth-order valence-electron chi connectivity index (χ4n) is 7.12. The smallest absolute Gasteiger partial charge is 0.337 e. The molecule has 2 saturated carbocycles. The first-order chi connectivity index (χ1) is 12.6. The van der Waals surface area contributed by atoms with Crippen molar-refractivity contribution in [3.63, 3.8) is 0 Å². The van der Waals surface area contributed by atoms with Gasteiger partial charge in [0.15, 0.2) is 11.9 Å². The van der Waals surface area contributed by atoms with Crippen LogP contribution >= 0.6 is 0 Å². The second kappa shape index (κ2) is 6.18. The lowest BCUT2D eigenvalue weighted by molar-refractivity contribution is -0.318. The summed E-state index contributed by atoms with van der Waals surface area (Å²) in [7, 11) is 1.38. The Kier molecular flexibility index (Phi) is 4.39. The number of hydrogen-bond acceptors (Lipinski definition) is 6.